The molecule has 1 saturated heterocycles. The molecule has 3 rings (SSSR count). The monoisotopic (exact) mass is 344 g/mol. The van der Waals surface area contributed by atoms with Crippen molar-refractivity contribution >= 4 is 5.57 Å². The molecule has 2 nitrogen and oxygen atoms in total. The number of aryl methyl sites for hydroxylation is 1. The van der Waals surface area contributed by atoms with Gasteiger partial charge in [0.25, 0.3) is 0 Å². The molecule has 1 fully saturated rings. The molecule has 1 aromatic carbocycles. The van der Waals surface area contributed by atoms with Crippen LogP contribution in [-0.2, 0) is 15.7 Å². The molecule has 1 unspecified atom stereocenters. The van der Waals surface area contributed by atoms with Crippen LogP contribution in [0.4, 0.5) is 17.6 Å². The summed E-state index contributed by atoms with van der Waals surface area (Å²) in [5.41, 5.74) is 0.156. The van der Waals surface area contributed by atoms with Crippen LogP contribution in [0.15, 0.2) is 18.2 Å². The normalized spacial score (nSPS) is 23.2. The zero-order chi connectivity index (χ0) is 17.3. The van der Waals surface area contributed by atoms with Crippen molar-refractivity contribution in [1.82, 2.24) is 0 Å². The van der Waals surface area contributed by atoms with E-state index in [2.05, 4.69) is 0 Å². The lowest BCUT2D eigenvalue weighted by Crippen LogP contribution is -2.33. The van der Waals surface area contributed by atoms with Crippen LogP contribution in [0.3, 0.4) is 0 Å². The summed E-state index contributed by atoms with van der Waals surface area (Å²) in [6, 6.07) is 2.42. The predicted octanol–water partition coefficient (Wildman–Crippen LogP) is 5.10. The molecule has 1 aliphatic carbocycles. The maximum atomic E-state index is 13.9. The average molecular weight is 344 g/mol. The van der Waals surface area contributed by atoms with E-state index in [4.69, 9.17) is 9.47 Å². The Kier molecular flexibility index (Phi) is 4.97. The Labute approximate surface area is 138 Å². The van der Waals surface area contributed by atoms with Crippen molar-refractivity contribution < 1.29 is 27.0 Å². The van der Waals surface area contributed by atoms with E-state index < -0.39 is 17.6 Å². The third kappa shape index (κ3) is 3.64. The van der Waals surface area contributed by atoms with Crippen molar-refractivity contribution in [1.29, 1.82) is 0 Å². The van der Waals surface area contributed by atoms with Gasteiger partial charge in [0.2, 0.25) is 0 Å². The molecular weight excluding hydrogens is 324 g/mol. The number of allylic oxidation sites excluding steroid dienone is 2. The van der Waals surface area contributed by atoms with Gasteiger partial charge >= 0.3 is 6.18 Å². The van der Waals surface area contributed by atoms with Gasteiger partial charge in [0.1, 0.15) is 5.82 Å². The molecule has 0 amide bonds. The van der Waals surface area contributed by atoms with Crippen LogP contribution >= 0.6 is 0 Å². The Morgan fingerprint density at radius 1 is 1.12 bits per heavy atom. The Morgan fingerprint density at radius 2 is 1.83 bits per heavy atom. The van der Waals surface area contributed by atoms with E-state index in [-0.39, 0.29) is 17.8 Å². The summed E-state index contributed by atoms with van der Waals surface area (Å²) in [5.74, 6) is -0.964. The minimum absolute atomic E-state index is 0.0838. The summed E-state index contributed by atoms with van der Waals surface area (Å²) in [6.07, 6.45) is 0.209. The maximum Gasteiger partial charge on any atom is 0.419 e. The third-order valence-corrected chi connectivity index (χ3v) is 4.63. The highest BCUT2D eigenvalue weighted by Gasteiger charge is 2.36. The van der Waals surface area contributed by atoms with Crippen molar-refractivity contribution in [2.75, 3.05) is 13.2 Å². The molecule has 24 heavy (non-hydrogen) atoms. The second kappa shape index (κ2) is 6.84. The Hall–Kier alpha value is -1.40. The first kappa shape index (κ1) is 17.4. The number of benzene rings is 1. The molecule has 2 aliphatic rings. The van der Waals surface area contributed by atoms with Crippen LogP contribution in [0.2, 0.25) is 0 Å². The van der Waals surface area contributed by atoms with E-state index in [1.54, 1.807) is 0 Å². The number of halogens is 4. The quantitative estimate of drug-likeness (QED) is 0.695. The Bertz CT molecular complexity index is 607. The number of alkyl halides is 3. The van der Waals surface area contributed by atoms with Crippen LogP contribution in [0.25, 0.3) is 5.57 Å². The molecule has 0 saturated carbocycles. The summed E-state index contributed by atoms with van der Waals surface area (Å²) >= 11 is 0. The average Bonchev–Trinajstić information content (AvgIpc) is 2.54. The van der Waals surface area contributed by atoms with Crippen LogP contribution in [0, 0.1) is 18.7 Å². The van der Waals surface area contributed by atoms with Crippen molar-refractivity contribution in [2.24, 2.45) is 5.92 Å². The van der Waals surface area contributed by atoms with E-state index in [9.17, 15) is 17.6 Å². The first-order chi connectivity index (χ1) is 11.4. The topological polar surface area (TPSA) is 18.5 Å². The minimum Gasteiger partial charge on any atom is -0.352 e. The lowest BCUT2D eigenvalue weighted by atomic mass is 9.85. The standard InChI is InChI=1S/C18H20F4O2/c1-11-9-14(10-15(19)16(11)18(20,21)22)12-3-5-13(6-4-12)17-23-7-2-8-24-17/h3,9-10,13,17H,2,4-8H2,1H3. The van der Waals surface area contributed by atoms with Gasteiger partial charge in [-0.05, 0) is 55.4 Å². The van der Waals surface area contributed by atoms with Gasteiger partial charge in [-0.3, -0.25) is 0 Å². The fraction of sp³-hybridized carbons (Fsp3) is 0.556. The van der Waals surface area contributed by atoms with Gasteiger partial charge in [-0.2, -0.15) is 13.2 Å². The van der Waals surface area contributed by atoms with Gasteiger partial charge in [0, 0.05) is 5.92 Å². The molecule has 132 valence electrons. The molecule has 1 heterocycles. The summed E-state index contributed by atoms with van der Waals surface area (Å²) in [4.78, 5) is 0. The lowest BCUT2D eigenvalue weighted by Gasteiger charge is -2.32. The van der Waals surface area contributed by atoms with E-state index in [1.807, 2.05) is 6.08 Å². The fourth-order valence-electron chi connectivity index (χ4n) is 3.43. The maximum absolute atomic E-state index is 13.9. The van der Waals surface area contributed by atoms with Gasteiger partial charge in [-0.15, -0.1) is 0 Å². The van der Waals surface area contributed by atoms with Crippen LogP contribution < -0.4 is 0 Å². The van der Waals surface area contributed by atoms with Gasteiger partial charge in [0.05, 0.1) is 18.8 Å². The van der Waals surface area contributed by atoms with E-state index >= 15 is 0 Å². The van der Waals surface area contributed by atoms with Gasteiger partial charge in [0.15, 0.2) is 6.29 Å². The molecule has 6 heteroatoms. The number of hydrogen-bond donors (Lipinski definition) is 0. The first-order valence-corrected chi connectivity index (χ1v) is 8.16. The molecule has 0 spiro atoms. The molecule has 0 radical (unpaired) electrons. The van der Waals surface area contributed by atoms with Crippen LogP contribution in [0.5, 0.6) is 0 Å². The smallest absolute Gasteiger partial charge is 0.352 e. The van der Waals surface area contributed by atoms with Crippen molar-refractivity contribution in [3.63, 3.8) is 0 Å². The Morgan fingerprint density at radius 3 is 2.38 bits per heavy atom. The minimum atomic E-state index is -4.67. The van der Waals surface area contributed by atoms with E-state index in [0.717, 1.165) is 30.9 Å². The van der Waals surface area contributed by atoms with Gasteiger partial charge in [-0.1, -0.05) is 12.1 Å². The SMILES string of the molecule is Cc1cc(C2=CCC(C3OCCCO3)CC2)cc(F)c1C(F)(F)F. The van der Waals surface area contributed by atoms with Gasteiger partial charge in [-0.25, -0.2) is 4.39 Å². The number of rotatable bonds is 2. The first-order valence-electron chi connectivity index (χ1n) is 8.16. The summed E-state index contributed by atoms with van der Waals surface area (Å²) in [5, 5.41) is 0. The lowest BCUT2D eigenvalue weighted by molar-refractivity contribution is -0.205. The molecular formula is C18H20F4O2. The molecule has 1 atom stereocenters. The zero-order valence-electron chi connectivity index (χ0n) is 13.5. The van der Waals surface area contributed by atoms with Crippen LogP contribution in [-0.4, -0.2) is 19.5 Å². The van der Waals surface area contributed by atoms with E-state index in [1.165, 1.54) is 13.0 Å². The third-order valence-electron chi connectivity index (χ3n) is 4.63. The highest BCUT2D eigenvalue weighted by Crippen LogP contribution is 2.38. The van der Waals surface area contributed by atoms with Gasteiger partial charge < -0.3 is 9.47 Å². The highest BCUT2D eigenvalue weighted by atomic mass is 19.4. The van der Waals surface area contributed by atoms with Crippen molar-refractivity contribution in [2.45, 2.75) is 45.1 Å². The second-order valence-electron chi connectivity index (χ2n) is 6.38. The molecule has 0 N–H and O–H groups in total. The van der Waals surface area contributed by atoms with Crippen molar-refractivity contribution in [3.8, 4) is 0 Å². The fourth-order valence-corrected chi connectivity index (χ4v) is 3.43. The van der Waals surface area contributed by atoms with E-state index in [0.29, 0.717) is 25.2 Å². The molecule has 0 aromatic heterocycles. The predicted molar refractivity (Wildman–Crippen MR) is 81.8 cm³/mol. The summed E-state index contributed by atoms with van der Waals surface area (Å²) < 4.78 is 63.7. The van der Waals surface area contributed by atoms with Crippen LogP contribution in [0.1, 0.15) is 42.4 Å². The zero-order valence-corrected chi connectivity index (χ0v) is 13.5. The largest absolute Gasteiger partial charge is 0.419 e. The number of hydrogen-bond acceptors (Lipinski definition) is 2. The summed E-state index contributed by atoms with van der Waals surface area (Å²) in [6.45, 7) is 2.69. The highest BCUT2D eigenvalue weighted by molar-refractivity contribution is 5.67. The Balaban J connectivity index is 1.77. The molecule has 0 bridgehead atoms. The second-order valence-corrected chi connectivity index (χ2v) is 6.38. The number of ether oxygens (including phenoxy) is 2. The molecule has 1 aromatic rings. The molecule has 1 aliphatic heterocycles. The summed E-state index contributed by atoms with van der Waals surface area (Å²) in [7, 11) is 0. The van der Waals surface area contributed by atoms with Crippen molar-refractivity contribution in [3.05, 3.63) is 40.7 Å².